The van der Waals surface area contributed by atoms with Gasteiger partial charge in [0.25, 0.3) is 0 Å². The normalized spacial score (nSPS) is 11.1. The third-order valence-corrected chi connectivity index (χ3v) is 7.25. The van der Waals surface area contributed by atoms with Gasteiger partial charge in [0.2, 0.25) is 9.84 Å². The maximum absolute atomic E-state index is 12.8. The van der Waals surface area contributed by atoms with E-state index in [9.17, 15) is 33.3 Å². The van der Waals surface area contributed by atoms with E-state index in [0.717, 1.165) is 5.56 Å². The zero-order valence-corrected chi connectivity index (χ0v) is 19.7. The number of benzene rings is 4. The number of carboxylic acid groups (broad SMARTS) is 2. The monoisotopic (exact) mass is 504 g/mol. The highest BCUT2D eigenvalue weighted by atomic mass is 32.2. The van der Waals surface area contributed by atoms with Crippen molar-refractivity contribution in [3.8, 4) is 28.4 Å². The van der Waals surface area contributed by atoms with E-state index in [1.807, 2.05) is 6.92 Å². The number of aromatic hydroxyl groups is 1. The van der Waals surface area contributed by atoms with Crippen LogP contribution in [0.3, 0.4) is 0 Å². The largest absolute Gasteiger partial charge is 0.507 e. The van der Waals surface area contributed by atoms with Gasteiger partial charge in [-0.3, -0.25) is 0 Å². The molecule has 0 aliphatic rings. The number of hydrogen-bond acceptors (Lipinski definition) is 6. The van der Waals surface area contributed by atoms with Crippen LogP contribution in [-0.4, -0.2) is 35.7 Å². The van der Waals surface area contributed by atoms with Crippen molar-refractivity contribution < 1.29 is 38.1 Å². The lowest BCUT2D eigenvalue weighted by Crippen LogP contribution is -2.03. The van der Waals surface area contributed by atoms with Gasteiger partial charge in [0.05, 0.1) is 9.79 Å². The average molecular weight is 505 g/mol. The number of carbonyl (C=O) groups is 2. The summed E-state index contributed by atoms with van der Waals surface area (Å²) in [6, 6.07) is 20.3. The van der Waals surface area contributed by atoms with Gasteiger partial charge in [0.15, 0.2) is 0 Å². The Labute approximate surface area is 206 Å². The Bertz CT molecular complexity index is 1570. The molecule has 0 bridgehead atoms. The summed E-state index contributed by atoms with van der Waals surface area (Å²) in [4.78, 5) is 23.4. The van der Waals surface area contributed by atoms with Gasteiger partial charge < -0.3 is 20.1 Å². The highest BCUT2D eigenvalue weighted by Crippen LogP contribution is 2.33. The van der Waals surface area contributed by atoms with E-state index < -0.39 is 27.5 Å². The zero-order chi connectivity index (χ0) is 26.0. The van der Waals surface area contributed by atoms with Crippen LogP contribution in [0.25, 0.3) is 11.1 Å². The topological polar surface area (TPSA) is 138 Å². The summed E-state index contributed by atoms with van der Waals surface area (Å²) in [5.74, 6) is -2.76. The molecule has 0 spiro atoms. The molecule has 0 unspecified atom stereocenters. The number of phenols is 1. The number of sulfone groups is 1. The SMILES string of the molecule is Cc1ccc(S(=O)(=O)c2ccc(Oc3ccc(-c4ccc(O)c(C(=O)O)c4)cc3C(=O)O)cc2)cc1. The van der Waals surface area contributed by atoms with Crippen LogP contribution in [0.4, 0.5) is 0 Å². The second-order valence-electron chi connectivity index (χ2n) is 7.94. The molecule has 3 N–H and O–H groups in total. The quantitative estimate of drug-likeness (QED) is 0.305. The van der Waals surface area contributed by atoms with E-state index in [2.05, 4.69) is 0 Å². The van der Waals surface area contributed by atoms with E-state index in [0.29, 0.717) is 11.1 Å². The standard InChI is InChI=1S/C27H20O8S/c1-16-2-8-20(9-3-16)36(33,34)21-10-6-19(7-11-21)35-25-13-5-18(15-23(25)27(31)32)17-4-12-24(28)22(14-17)26(29)30/h2-15,28H,1H3,(H,29,30)(H,31,32). The van der Waals surface area contributed by atoms with Gasteiger partial charge in [-0.05, 0) is 78.7 Å². The van der Waals surface area contributed by atoms with E-state index in [-0.39, 0.29) is 32.4 Å². The summed E-state index contributed by atoms with van der Waals surface area (Å²) in [7, 11) is -3.73. The van der Waals surface area contributed by atoms with Crippen LogP contribution < -0.4 is 4.74 Å². The third kappa shape index (κ3) is 4.91. The molecule has 4 aromatic rings. The third-order valence-electron chi connectivity index (χ3n) is 5.46. The van der Waals surface area contributed by atoms with Crippen LogP contribution in [0, 0.1) is 6.92 Å². The molecule has 0 saturated heterocycles. The lowest BCUT2D eigenvalue weighted by molar-refractivity contribution is 0.0682. The van der Waals surface area contributed by atoms with Crippen LogP contribution in [0.2, 0.25) is 0 Å². The molecule has 8 nitrogen and oxygen atoms in total. The van der Waals surface area contributed by atoms with Gasteiger partial charge in [-0.2, -0.15) is 0 Å². The van der Waals surface area contributed by atoms with Crippen molar-refractivity contribution in [2.45, 2.75) is 16.7 Å². The highest BCUT2D eigenvalue weighted by molar-refractivity contribution is 7.91. The van der Waals surface area contributed by atoms with Gasteiger partial charge in [-0.15, -0.1) is 0 Å². The van der Waals surface area contributed by atoms with Crippen molar-refractivity contribution in [1.29, 1.82) is 0 Å². The Balaban J connectivity index is 1.62. The van der Waals surface area contributed by atoms with E-state index in [1.54, 1.807) is 18.2 Å². The molecule has 0 radical (unpaired) electrons. The predicted molar refractivity (Wildman–Crippen MR) is 131 cm³/mol. The molecule has 4 aromatic carbocycles. The van der Waals surface area contributed by atoms with Crippen LogP contribution >= 0.6 is 0 Å². The first-order valence-electron chi connectivity index (χ1n) is 10.6. The Morgan fingerprint density at radius 3 is 1.75 bits per heavy atom. The second-order valence-corrected chi connectivity index (χ2v) is 9.89. The van der Waals surface area contributed by atoms with Gasteiger partial charge in [-0.1, -0.05) is 29.8 Å². The molecule has 0 aliphatic carbocycles. The van der Waals surface area contributed by atoms with Crippen molar-refractivity contribution in [2.24, 2.45) is 0 Å². The fraction of sp³-hybridized carbons (Fsp3) is 0.0370. The fourth-order valence-corrected chi connectivity index (χ4v) is 4.78. The summed E-state index contributed by atoms with van der Waals surface area (Å²) >= 11 is 0. The molecular weight excluding hydrogens is 484 g/mol. The molecule has 0 aliphatic heterocycles. The number of hydrogen-bond donors (Lipinski definition) is 3. The maximum atomic E-state index is 12.8. The van der Waals surface area contributed by atoms with Gasteiger partial charge >= 0.3 is 11.9 Å². The van der Waals surface area contributed by atoms with Crippen molar-refractivity contribution in [1.82, 2.24) is 0 Å². The summed E-state index contributed by atoms with van der Waals surface area (Å²) in [6.45, 7) is 1.86. The molecule has 0 heterocycles. The van der Waals surface area contributed by atoms with E-state index >= 15 is 0 Å². The first-order valence-corrected chi connectivity index (χ1v) is 12.1. The van der Waals surface area contributed by atoms with Gasteiger partial charge in [0, 0.05) is 0 Å². The molecule has 36 heavy (non-hydrogen) atoms. The highest BCUT2D eigenvalue weighted by Gasteiger charge is 2.19. The summed E-state index contributed by atoms with van der Waals surface area (Å²) in [5, 5.41) is 28.6. The smallest absolute Gasteiger partial charge is 0.339 e. The van der Waals surface area contributed by atoms with E-state index in [1.165, 1.54) is 66.7 Å². The molecule has 182 valence electrons. The summed E-state index contributed by atoms with van der Waals surface area (Å²) < 4.78 is 31.4. The molecule has 0 fully saturated rings. The minimum absolute atomic E-state index is 0.0117. The molecule has 4 rings (SSSR count). The number of aryl methyl sites for hydroxylation is 1. The summed E-state index contributed by atoms with van der Waals surface area (Å²) in [6.07, 6.45) is 0. The van der Waals surface area contributed by atoms with Crippen LogP contribution in [0.15, 0.2) is 94.7 Å². The lowest BCUT2D eigenvalue weighted by Gasteiger charge is -2.12. The Morgan fingerprint density at radius 2 is 1.19 bits per heavy atom. The second kappa shape index (κ2) is 9.55. The number of aromatic carboxylic acids is 2. The minimum Gasteiger partial charge on any atom is -0.507 e. The molecule has 0 amide bonds. The van der Waals surface area contributed by atoms with Gasteiger partial charge in [-0.25, -0.2) is 18.0 Å². The van der Waals surface area contributed by atoms with Crippen molar-refractivity contribution in [3.63, 3.8) is 0 Å². The Morgan fingerprint density at radius 1 is 0.694 bits per heavy atom. The van der Waals surface area contributed by atoms with E-state index in [4.69, 9.17) is 4.74 Å². The van der Waals surface area contributed by atoms with Crippen molar-refractivity contribution in [3.05, 3.63) is 102 Å². The predicted octanol–water partition coefficient (Wildman–Crippen LogP) is 5.39. The Hall–Kier alpha value is -4.63. The van der Waals surface area contributed by atoms with Gasteiger partial charge in [0.1, 0.15) is 28.4 Å². The number of rotatable bonds is 7. The van der Waals surface area contributed by atoms with Crippen molar-refractivity contribution in [2.75, 3.05) is 0 Å². The number of carboxylic acids is 2. The fourth-order valence-electron chi connectivity index (χ4n) is 3.52. The van der Waals surface area contributed by atoms with Crippen LogP contribution in [0.5, 0.6) is 17.2 Å². The number of ether oxygens (including phenoxy) is 1. The Kier molecular flexibility index (Phi) is 6.50. The molecule has 0 atom stereocenters. The van der Waals surface area contributed by atoms with Crippen molar-refractivity contribution >= 4 is 21.8 Å². The molecule has 0 saturated carbocycles. The summed E-state index contributed by atoms with van der Waals surface area (Å²) in [5.41, 5.74) is 1.23. The van der Waals surface area contributed by atoms with Crippen LogP contribution in [0.1, 0.15) is 26.3 Å². The first-order chi connectivity index (χ1) is 17.1. The maximum Gasteiger partial charge on any atom is 0.339 e. The first kappa shape index (κ1) is 24.5. The molecule has 9 heteroatoms. The van der Waals surface area contributed by atoms with Crippen LogP contribution in [-0.2, 0) is 9.84 Å². The lowest BCUT2D eigenvalue weighted by atomic mass is 10.00. The minimum atomic E-state index is -3.73. The molecule has 0 aromatic heterocycles. The average Bonchev–Trinajstić information content (AvgIpc) is 2.85. The molecular formula is C27H20O8S. The zero-order valence-electron chi connectivity index (χ0n) is 18.9.